The third kappa shape index (κ3) is 2.61. The maximum absolute atomic E-state index is 11.1. The largest absolute Gasteiger partial charge is 0.396 e. The molecule has 0 bridgehead atoms. The molecule has 1 aromatic carbocycles. The van der Waals surface area contributed by atoms with E-state index in [2.05, 4.69) is 0 Å². The summed E-state index contributed by atoms with van der Waals surface area (Å²) in [6.45, 7) is 3.61. The van der Waals surface area contributed by atoms with E-state index < -0.39 is 0 Å². The Morgan fingerprint density at radius 1 is 1.44 bits per heavy atom. The van der Waals surface area contributed by atoms with Crippen LogP contribution in [0, 0.1) is 23.0 Å². The quantitative estimate of drug-likeness (QED) is 0.659. The fourth-order valence-corrected chi connectivity index (χ4v) is 2.40. The molecule has 0 aliphatic carbocycles. The molecule has 1 aliphatic heterocycles. The maximum Gasteiger partial charge on any atom is 0.292 e. The van der Waals surface area contributed by atoms with Crippen LogP contribution in [0.4, 0.5) is 11.4 Å². The van der Waals surface area contributed by atoms with Gasteiger partial charge in [-0.2, -0.15) is 0 Å². The predicted octanol–water partition coefficient (Wildman–Crippen LogP) is 2.11. The first kappa shape index (κ1) is 12.8. The van der Waals surface area contributed by atoms with Crippen LogP contribution >= 0.6 is 0 Å². The van der Waals surface area contributed by atoms with Crippen LogP contribution in [0.5, 0.6) is 0 Å². The SMILES string of the molecule is Cc1ccc(N2CCC(CO)CC2)c([N+](=O)[O-])c1. The molecule has 1 aromatic rings. The van der Waals surface area contributed by atoms with Crippen molar-refractivity contribution in [3.63, 3.8) is 0 Å². The summed E-state index contributed by atoms with van der Waals surface area (Å²) in [5, 5.41) is 20.2. The van der Waals surface area contributed by atoms with E-state index in [1.165, 1.54) is 0 Å². The third-order valence-electron chi connectivity index (χ3n) is 3.54. The molecule has 98 valence electrons. The van der Waals surface area contributed by atoms with Gasteiger partial charge in [-0.3, -0.25) is 10.1 Å². The second-order valence-electron chi connectivity index (χ2n) is 4.86. The van der Waals surface area contributed by atoms with Crippen molar-refractivity contribution < 1.29 is 10.0 Å². The van der Waals surface area contributed by atoms with E-state index in [0.717, 1.165) is 31.5 Å². The van der Waals surface area contributed by atoms with Crippen molar-refractivity contribution in [3.8, 4) is 0 Å². The summed E-state index contributed by atoms with van der Waals surface area (Å²) in [6, 6.07) is 5.35. The molecule has 0 atom stereocenters. The molecule has 0 saturated carbocycles. The number of nitro groups is 1. The lowest BCUT2D eigenvalue weighted by Gasteiger charge is -2.32. The summed E-state index contributed by atoms with van der Waals surface area (Å²) < 4.78 is 0. The molecule has 1 N–H and O–H groups in total. The topological polar surface area (TPSA) is 66.6 Å². The molecule has 5 nitrogen and oxygen atoms in total. The highest BCUT2D eigenvalue weighted by molar-refractivity contribution is 5.64. The average Bonchev–Trinajstić information content (AvgIpc) is 2.39. The minimum atomic E-state index is -0.319. The lowest BCUT2D eigenvalue weighted by Crippen LogP contribution is -2.35. The van der Waals surface area contributed by atoms with Gasteiger partial charge >= 0.3 is 0 Å². The number of benzene rings is 1. The van der Waals surface area contributed by atoms with Gasteiger partial charge in [-0.1, -0.05) is 6.07 Å². The Morgan fingerprint density at radius 3 is 2.67 bits per heavy atom. The summed E-state index contributed by atoms with van der Waals surface area (Å²) in [5.41, 5.74) is 1.77. The standard InChI is InChI=1S/C13H18N2O3/c1-10-2-3-12(13(8-10)15(17)18)14-6-4-11(9-16)5-7-14/h2-3,8,11,16H,4-7,9H2,1H3. The summed E-state index contributed by atoms with van der Waals surface area (Å²) in [7, 11) is 0. The first-order valence-corrected chi connectivity index (χ1v) is 6.22. The molecule has 1 saturated heterocycles. The Labute approximate surface area is 106 Å². The van der Waals surface area contributed by atoms with E-state index in [0.29, 0.717) is 11.6 Å². The van der Waals surface area contributed by atoms with E-state index in [1.54, 1.807) is 6.07 Å². The second-order valence-corrected chi connectivity index (χ2v) is 4.86. The average molecular weight is 250 g/mol. The number of nitro benzene ring substituents is 1. The van der Waals surface area contributed by atoms with Crippen LogP contribution in [0.3, 0.4) is 0 Å². The van der Waals surface area contributed by atoms with Crippen LogP contribution in [0.15, 0.2) is 18.2 Å². The predicted molar refractivity (Wildman–Crippen MR) is 69.9 cm³/mol. The minimum absolute atomic E-state index is 0.178. The van der Waals surface area contributed by atoms with Gasteiger partial charge in [0, 0.05) is 25.8 Å². The zero-order chi connectivity index (χ0) is 13.1. The molecule has 1 fully saturated rings. The van der Waals surface area contributed by atoms with Gasteiger partial charge in [-0.05, 0) is 37.3 Å². The first-order chi connectivity index (χ1) is 8.61. The number of hydrogen-bond donors (Lipinski definition) is 1. The van der Waals surface area contributed by atoms with Crippen LogP contribution < -0.4 is 4.90 Å². The van der Waals surface area contributed by atoms with Crippen LogP contribution in [-0.2, 0) is 0 Å². The van der Waals surface area contributed by atoms with Crippen molar-refractivity contribution in [3.05, 3.63) is 33.9 Å². The summed E-state index contributed by atoms with van der Waals surface area (Å²) in [5.74, 6) is 0.339. The van der Waals surface area contributed by atoms with E-state index >= 15 is 0 Å². The number of hydrogen-bond acceptors (Lipinski definition) is 4. The van der Waals surface area contributed by atoms with Crippen LogP contribution in [0.2, 0.25) is 0 Å². The Kier molecular flexibility index (Phi) is 3.81. The summed E-state index contributed by atoms with van der Waals surface area (Å²) in [4.78, 5) is 12.8. The molecule has 5 heteroatoms. The van der Waals surface area contributed by atoms with Gasteiger partial charge in [0.15, 0.2) is 0 Å². The Balaban J connectivity index is 2.21. The van der Waals surface area contributed by atoms with Gasteiger partial charge in [0.25, 0.3) is 5.69 Å². The minimum Gasteiger partial charge on any atom is -0.396 e. The molecule has 0 spiro atoms. The van der Waals surface area contributed by atoms with Gasteiger partial charge in [-0.25, -0.2) is 0 Å². The number of piperidine rings is 1. The number of anilines is 1. The first-order valence-electron chi connectivity index (χ1n) is 6.22. The molecule has 0 radical (unpaired) electrons. The third-order valence-corrected chi connectivity index (χ3v) is 3.54. The van der Waals surface area contributed by atoms with E-state index in [1.807, 2.05) is 24.0 Å². The van der Waals surface area contributed by atoms with Crippen molar-refractivity contribution >= 4 is 11.4 Å². The van der Waals surface area contributed by atoms with Crippen molar-refractivity contribution in [1.82, 2.24) is 0 Å². The summed E-state index contributed by atoms with van der Waals surface area (Å²) in [6.07, 6.45) is 1.78. The lowest BCUT2D eigenvalue weighted by molar-refractivity contribution is -0.384. The molecule has 1 aliphatic rings. The number of aliphatic hydroxyl groups is 1. The molecular weight excluding hydrogens is 232 g/mol. The van der Waals surface area contributed by atoms with Gasteiger partial charge in [0.1, 0.15) is 5.69 Å². The Morgan fingerprint density at radius 2 is 2.11 bits per heavy atom. The highest BCUT2D eigenvalue weighted by atomic mass is 16.6. The van der Waals surface area contributed by atoms with E-state index in [9.17, 15) is 10.1 Å². The van der Waals surface area contributed by atoms with Crippen LogP contribution in [0.25, 0.3) is 0 Å². The molecule has 18 heavy (non-hydrogen) atoms. The highest BCUT2D eigenvalue weighted by Gasteiger charge is 2.24. The normalized spacial score (nSPS) is 16.9. The molecular formula is C13H18N2O3. The van der Waals surface area contributed by atoms with Crippen LogP contribution in [-0.4, -0.2) is 29.7 Å². The fourth-order valence-electron chi connectivity index (χ4n) is 2.40. The lowest BCUT2D eigenvalue weighted by atomic mass is 9.97. The zero-order valence-corrected chi connectivity index (χ0v) is 10.5. The number of aliphatic hydroxyl groups excluding tert-OH is 1. The van der Waals surface area contributed by atoms with Crippen molar-refractivity contribution in [2.75, 3.05) is 24.6 Å². The molecule has 0 aromatic heterocycles. The smallest absolute Gasteiger partial charge is 0.292 e. The molecule has 0 amide bonds. The fraction of sp³-hybridized carbons (Fsp3) is 0.538. The second kappa shape index (κ2) is 5.35. The van der Waals surface area contributed by atoms with Crippen molar-refractivity contribution in [2.45, 2.75) is 19.8 Å². The monoisotopic (exact) mass is 250 g/mol. The Bertz CT molecular complexity index is 440. The van der Waals surface area contributed by atoms with Gasteiger partial charge in [0.05, 0.1) is 4.92 Å². The number of rotatable bonds is 3. The highest BCUT2D eigenvalue weighted by Crippen LogP contribution is 2.32. The maximum atomic E-state index is 11.1. The van der Waals surface area contributed by atoms with E-state index in [-0.39, 0.29) is 17.2 Å². The van der Waals surface area contributed by atoms with Crippen LogP contribution in [0.1, 0.15) is 18.4 Å². The van der Waals surface area contributed by atoms with Gasteiger partial charge < -0.3 is 10.0 Å². The summed E-state index contributed by atoms with van der Waals surface area (Å²) >= 11 is 0. The van der Waals surface area contributed by atoms with Gasteiger partial charge in [0.2, 0.25) is 0 Å². The van der Waals surface area contributed by atoms with Crippen molar-refractivity contribution in [2.24, 2.45) is 5.92 Å². The number of nitrogens with zero attached hydrogens (tertiary/aromatic N) is 2. The molecule has 2 rings (SSSR count). The molecule has 1 heterocycles. The van der Waals surface area contributed by atoms with Gasteiger partial charge in [-0.15, -0.1) is 0 Å². The number of aryl methyl sites for hydroxylation is 1. The van der Waals surface area contributed by atoms with E-state index in [4.69, 9.17) is 5.11 Å². The zero-order valence-electron chi connectivity index (χ0n) is 10.5. The molecule has 0 unspecified atom stereocenters. The van der Waals surface area contributed by atoms with Crippen molar-refractivity contribution in [1.29, 1.82) is 0 Å². The Hall–Kier alpha value is -1.62.